The summed E-state index contributed by atoms with van der Waals surface area (Å²) in [6, 6.07) is 6.00. The van der Waals surface area contributed by atoms with Gasteiger partial charge in [0.15, 0.2) is 0 Å². The van der Waals surface area contributed by atoms with Gasteiger partial charge in [-0.25, -0.2) is 4.79 Å². The summed E-state index contributed by atoms with van der Waals surface area (Å²) in [5.41, 5.74) is 0.781. The fraction of sp³-hybridized carbons (Fsp3) is 0.308. The van der Waals surface area contributed by atoms with Crippen molar-refractivity contribution in [3.8, 4) is 0 Å². The van der Waals surface area contributed by atoms with Gasteiger partial charge in [0.25, 0.3) is 0 Å². The van der Waals surface area contributed by atoms with E-state index in [1.807, 2.05) is 0 Å². The van der Waals surface area contributed by atoms with Gasteiger partial charge in [0, 0.05) is 5.69 Å². The Morgan fingerprint density at radius 2 is 1.84 bits per heavy atom. The Balaban J connectivity index is 2.75. The average Bonchev–Trinajstić information content (AvgIpc) is 2.39. The van der Waals surface area contributed by atoms with Gasteiger partial charge in [0.1, 0.15) is 5.92 Å². The number of rotatable bonds is 5. The summed E-state index contributed by atoms with van der Waals surface area (Å²) in [6.45, 7) is 1.62. The van der Waals surface area contributed by atoms with Crippen LogP contribution in [0.5, 0.6) is 0 Å². The average molecular weight is 265 g/mol. The third-order valence-corrected chi connectivity index (χ3v) is 2.60. The minimum Gasteiger partial charge on any atom is -0.481 e. The fourth-order valence-electron chi connectivity index (χ4n) is 1.51. The molecule has 0 aliphatic rings. The van der Waals surface area contributed by atoms with Crippen molar-refractivity contribution in [2.24, 2.45) is 5.92 Å². The Labute approximate surface area is 110 Å². The minimum atomic E-state index is -1.16. The van der Waals surface area contributed by atoms with Crippen LogP contribution in [0.3, 0.4) is 0 Å². The van der Waals surface area contributed by atoms with Crippen LogP contribution >= 0.6 is 0 Å². The Morgan fingerprint density at radius 3 is 2.26 bits per heavy atom. The van der Waals surface area contributed by atoms with Gasteiger partial charge >= 0.3 is 11.9 Å². The van der Waals surface area contributed by atoms with Crippen LogP contribution in [0.15, 0.2) is 24.3 Å². The van der Waals surface area contributed by atoms with E-state index in [0.29, 0.717) is 11.3 Å². The van der Waals surface area contributed by atoms with E-state index in [9.17, 15) is 14.4 Å². The van der Waals surface area contributed by atoms with Crippen molar-refractivity contribution in [3.05, 3.63) is 29.8 Å². The molecule has 0 spiro atoms. The van der Waals surface area contributed by atoms with Crippen molar-refractivity contribution in [1.29, 1.82) is 0 Å². The molecular formula is C13H15NO5. The molecule has 1 amide bonds. The molecule has 0 aromatic heterocycles. The third-order valence-electron chi connectivity index (χ3n) is 2.60. The standard InChI is InChI=1S/C13H15NO5/c1-3-10(12(16)17)11(15)14-9-6-4-8(5-7-9)13(18)19-2/h4-7,10H,3H2,1-2H3,(H,14,15)(H,16,17). The minimum absolute atomic E-state index is 0.210. The molecule has 1 unspecified atom stereocenters. The Bertz CT molecular complexity index is 480. The molecule has 0 aliphatic carbocycles. The maximum atomic E-state index is 11.7. The highest BCUT2D eigenvalue weighted by Gasteiger charge is 2.24. The lowest BCUT2D eigenvalue weighted by atomic mass is 10.1. The SMILES string of the molecule is CCC(C(=O)O)C(=O)Nc1ccc(C(=O)OC)cc1. The lowest BCUT2D eigenvalue weighted by Crippen LogP contribution is -2.28. The molecule has 102 valence electrons. The summed E-state index contributed by atoms with van der Waals surface area (Å²) in [6.07, 6.45) is 0.210. The van der Waals surface area contributed by atoms with Crippen molar-refractivity contribution < 1.29 is 24.2 Å². The largest absolute Gasteiger partial charge is 0.481 e. The molecule has 0 saturated heterocycles. The number of hydrogen-bond donors (Lipinski definition) is 2. The summed E-state index contributed by atoms with van der Waals surface area (Å²) in [4.78, 5) is 33.7. The van der Waals surface area contributed by atoms with E-state index in [1.54, 1.807) is 6.92 Å². The number of methoxy groups -OCH3 is 1. The molecule has 0 radical (unpaired) electrons. The highest BCUT2D eigenvalue weighted by atomic mass is 16.5. The van der Waals surface area contributed by atoms with Crippen LogP contribution in [-0.4, -0.2) is 30.1 Å². The molecule has 6 nitrogen and oxygen atoms in total. The van der Waals surface area contributed by atoms with Gasteiger partial charge in [0.05, 0.1) is 12.7 Å². The third kappa shape index (κ3) is 3.80. The van der Waals surface area contributed by atoms with Crippen LogP contribution in [-0.2, 0) is 14.3 Å². The number of nitrogens with one attached hydrogen (secondary N) is 1. The van der Waals surface area contributed by atoms with Crippen LogP contribution < -0.4 is 5.32 Å². The monoisotopic (exact) mass is 265 g/mol. The van der Waals surface area contributed by atoms with Crippen molar-refractivity contribution in [2.75, 3.05) is 12.4 Å². The Hall–Kier alpha value is -2.37. The van der Waals surface area contributed by atoms with Gasteiger partial charge < -0.3 is 15.2 Å². The number of carbonyl (C=O) groups excluding carboxylic acids is 2. The smallest absolute Gasteiger partial charge is 0.337 e. The molecular weight excluding hydrogens is 250 g/mol. The van der Waals surface area contributed by atoms with E-state index in [4.69, 9.17) is 5.11 Å². The summed E-state index contributed by atoms with van der Waals surface area (Å²) >= 11 is 0. The molecule has 1 aromatic carbocycles. The predicted octanol–water partition coefficient (Wildman–Crippen LogP) is 1.52. The molecule has 19 heavy (non-hydrogen) atoms. The lowest BCUT2D eigenvalue weighted by molar-refractivity contribution is -0.145. The van der Waals surface area contributed by atoms with Gasteiger partial charge in [-0.3, -0.25) is 9.59 Å². The van der Waals surface area contributed by atoms with Crippen molar-refractivity contribution in [1.82, 2.24) is 0 Å². The number of carboxylic acids is 1. The van der Waals surface area contributed by atoms with Crippen LogP contribution in [0, 0.1) is 5.92 Å². The topological polar surface area (TPSA) is 92.7 Å². The molecule has 1 rings (SSSR count). The van der Waals surface area contributed by atoms with E-state index in [1.165, 1.54) is 31.4 Å². The normalized spacial score (nSPS) is 11.5. The molecule has 1 aromatic rings. The zero-order valence-corrected chi connectivity index (χ0v) is 10.7. The van der Waals surface area contributed by atoms with E-state index < -0.39 is 23.8 Å². The molecule has 6 heteroatoms. The van der Waals surface area contributed by atoms with Crippen LogP contribution in [0.2, 0.25) is 0 Å². The second-order valence-corrected chi connectivity index (χ2v) is 3.86. The molecule has 0 bridgehead atoms. The van der Waals surface area contributed by atoms with Gasteiger partial charge in [-0.2, -0.15) is 0 Å². The number of carbonyl (C=O) groups is 3. The molecule has 0 aliphatic heterocycles. The van der Waals surface area contributed by atoms with Crippen molar-refractivity contribution >= 4 is 23.5 Å². The molecule has 1 atom stereocenters. The first kappa shape index (κ1) is 14.7. The highest BCUT2D eigenvalue weighted by molar-refractivity contribution is 6.04. The first-order valence-electron chi connectivity index (χ1n) is 5.71. The maximum absolute atomic E-state index is 11.7. The number of esters is 1. The van der Waals surface area contributed by atoms with E-state index in [-0.39, 0.29) is 6.42 Å². The predicted molar refractivity (Wildman–Crippen MR) is 67.8 cm³/mol. The summed E-state index contributed by atoms with van der Waals surface area (Å²) < 4.78 is 4.54. The first-order chi connectivity index (χ1) is 8.99. The summed E-state index contributed by atoms with van der Waals surface area (Å²) in [7, 11) is 1.27. The van der Waals surface area contributed by atoms with Gasteiger partial charge in [-0.1, -0.05) is 6.92 Å². The Kier molecular flexibility index (Phi) is 5.05. The maximum Gasteiger partial charge on any atom is 0.337 e. The molecule has 2 N–H and O–H groups in total. The second kappa shape index (κ2) is 6.53. The Morgan fingerprint density at radius 1 is 1.26 bits per heavy atom. The summed E-state index contributed by atoms with van der Waals surface area (Å²) in [5.74, 6) is -3.30. The number of anilines is 1. The number of ether oxygens (including phenoxy) is 1. The molecule has 0 saturated carbocycles. The lowest BCUT2D eigenvalue weighted by Gasteiger charge is -2.10. The molecule has 0 fully saturated rings. The van der Waals surface area contributed by atoms with Crippen molar-refractivity contribution in [3.63, 3.8) is 0 Å². The zero-order valence-electron chi connectivity index (χ0n) is 10.7. The first-order valence-corrected chi connectivity index (χ1v) is 5.71. The quantitative estimate of drug-likeness (QED) is 0.622. The second-order valence-electron chi connectivity index (χ2n) is 3.86. The van der Waals surface area contributed by atoms with Gasteiger partial charge in [-0.05, 0) is 30.7 Å². The molecule has 0 heterocycles. The van der Waals surface area contributed by atoms with Crippen LogP contribution in [0.4, 0.5) is 5.69 Å². The van der Waals surface area contributed by atoms with Gasteiger partial charge in [0.2, 0.25) is 5.91 Å². The number of benzene rings is 1. The number of aliphatic carboxylic acids is 1. The summed E-state index contributed by atoms with van der Waals surface area (Å²) in [5, 5.41) is 11.3. The van der Waals surface area contributed by atoms with Crippen LogP contribution in [0.25, 0.3) is 0 Å². The van der Waals surface area contributed by atoms with Gasteiger partial charge in [-0.15, -0.1) is 0 Å². The fourth-order valence-corrected chi connectivity index (χ4v) is 1.51. The van der Waals surface area contributed by atoms with E-state index in [2.05, 4.69) is 10.1 Å². The highest BCUT2D eigenvalue weighted by Crippen LogP contribution is 2.13. The van der Waals surface area contributed by atoms with E-state index in [0.717, 1.165) is 0 Å². The van der Waals surface area contributed by atoms with Crippen LogP contribution in [0.1, 0.15) is 23.7 Å². The zero-order chi connectivity index (χ0) is 14.4. The van der Waals surface area contributed by atoms with Crippen molar-refractivity contribution in [2.45, 2.75) is 13.3 Å². The number of hydrogen-bond acceptors (Lipinski definition) is 4. The number of carboxylic acid groups (broad SMARTS) is 1. The van der Waals surface area contributed by atoms with E-state index >= 15 is 0 Å². The number of amides is 1.